The molecule has 0 radical (unpaired) electrons. The van der Waals surface area contributed by atoms with Crippen LogP contribution in [0.5, 0.6) is 0 Å². The fourth-order valence-electron chi connectivity index (χ4n) is 1.64. The van der Waals surface area contributed by atoms with Crippen LogP contribution in [0.3, 0.4) is 0 Å². The van der Waals surface area contributed by atoms with E-state index in [-0.39, 0.29) is 0 Å². The lowest BCUT2D eigenvalue weighted by Crippen LogP contribution is -2.51. The maximum atomic E-state index is 5.66. The second-order valence-corrected chi connectivity index (χ2v) is 3.53. The quantitative estimate of drug-likeness (QED) is 0.543. The molecule has 0 aromatic heterocycles. The van der Waals surface area contributed by atoms with Crippen molar-refractivity contribution in [3.63, 3.8) is 0 Å². The third-order valence-electron chi connectivity index (χ3n) is 2.49. The van der Waals surface area contributed by atoms with Crippen molar-refractivity contribution in [1.29, 1.82) is 0 Å². The van der Waals surface area contributed by atoms with Crippen LogP contribution in [0.15, 0.2) is 0 Å². The first-order valence-corrected chi connectivity index (χ1v) is 4.48. The highest BCUT2D eigenvalue weighted by atomic mass is 16.5. The highest BCUT2D eigenvalue weighted by molar-refractivity contribution is 4.92. The molecule has 12 heavy (non-hydrogen) atoms. The van der Waals surface area contributed by atoms with Crippen molar-refractivity contribution in [3.8, 4) is 12.3 Å². The summed E-state index contributed by atoms with van der Waals surface area (Å²) in [5.74, 6) is 2.68. The van der Waals surface area contributed by atoms with Crippen molar-refractivity contribution >= 4 is 0 Å². The topological polar surface area (TPSA) is 12.5 Å². The highest BCUT2D eigenvalue weighted by Gasteiger charge is 2.28. The average Bonchev–Trinajstić information content (AvgIpc) is 2.00. The van der Waals surface area contributed by atoms with Gasteiger partial charge in [0.2, 0.25) is 0 Å². The molecular formula is C10H17NO. The summed E-state index contributed by atoms with van der Waals surface area (Å²) in [7, 11) is 0. The number of ether oxygens (including phenoxy) is 1. The second kappa shape index (κ2) is 3.93. The van der Waals surface area contributed by atoms with Gasteiger partial charge in [-0.1, -0.05) is 5.92 Å². The third kappa shape index (κ3) is 2.00. The van der Waals surface area contributed by atoms with Gasteiger partial charge in [-0.2, -0.15) is 0 Å². The molecule has 0 amide bonds. The van der Waals surface area contributed by atoms with Crippen molar-refractivity contribution in [3.05, 3.63) is 0 Å². The summed E-state index contributed by atoms with van der Waals surface area (Å²) in [4.78, 5) is 2.29. The van der Waals surface area contributed by atoms with Gasteiger partial charge in [-0.15, -0.1) is 6.42 Å². The fraction of sp³-hybridized carbons (Fsp3) is 0.800. The molecule has 0 aromatic rings. The maximum Gasteiger partial charge on any atom is 0.0704 e. The second-order valence-electron chi connectivity index (χ2n) is 3.53. The van der Waals surface area contributed by atoms with Crippen LogP contribution in [0, 0.1) is 12.3 Å². The standard InChI is InChI=1S/C10H17NO/c1-5-6-11-7-8(2)12-10(4)9(11)3/h1,8-10H,6-7H2,2-4H3. The van der Waals surface area contributed by atoms with Crippen LogP contribution in [0.1, 0.15) is 20.8 Å². The summed E-state index contributed by atoms with van der Waals surface area (Å²) in [6, 6.07) is 0.442. The zero-order chi connectivity index (χ0) is 9.14. The molecule has 1 heterocycles. The van der Waals surface area contributed by atoms with E-state index in [1.165, 1.54) is 0 Å². The summed E-state index contributed by atoms with van der Waals surface area (Å²) in [5.41, 5.74) is 0. The number of terminal acetylenes is 1. The molecule has 1 aliphatic heterocycles. The Morgan fingerprint density at radius 3 is 2.75 bits per heavy atom. The molecule has 3 unspecified atom stereocenters. The third-order valence-corrected chi connectivity index (χ3v) is 2.49. The van der Waals surface area contributed by atoms with Crippen molar-refractivity contribution < 1.29 is 4.74 Å². The SMILES string of the molecule is C#CCN1CC(C)OC(C)C1C. The molecule has 0 N–H and O–H groups in total. The van der Waals surface area contributed by atoms with E-state index in [4.69, 9.17) is 11.2 Å². The van der Waals surface area contributed by atoms with Gasteiger partial charge >= 0.3 is 0 Å². The number of rotatable bonds is 1. The minimum atomic E-state index is 0.294. The Balaban J connectivity index is 2.55. The Morgan fingerprint density at radius 2 is 2.17 bits per heavy atom. The largest absolute Gasteiger partial charge is 0.373 e. The van der Waals surface area contributed by atoms with Crippen LogP contribution in [-0.4, -0.2) is 36.2 Å². The van der Waals surface area contributed by atoms with Crippen LogP contribution in [0.2, 0.25) is 0 Å². The molecule has 68 valence electrons. The predicted molar refractivity (Wildman–Crippen MR) is 49.9 cm³/mol. The smallest absolute Gasteiger partial charge is 0.0704 e. The molecule has 1 rings (SSSR count). The number of hydrogen-bond acceptors (Lipinski definition) is 2. The van der Waals surface area contributed by atoms with E-state index in [0.717, 1.165) is 13.1 Å². The Morgan fingerprint density at radius 1 is 1.50 bits per heavy atom. The molecule has 1 saturated heterocycles. The number of hydrogen-bond donors (Lipinski definition) is 0. The zero-order valence-corrected chi connectivity index (χ0v) is 8.08. The van der Waals surface area contributed by atoms with E-state index in [9.17, 15) is 0 Å². The first-order valence-electron chi connectivity index (χ1n) is 4.48. The van der Waals surface area contributed by atoms with Gasteiger partial charge in [0, 0.05) is 12.6 Å². The first kappa shape index (κ1) is 9.57. The normalized spacial score (nSPS) is 37.7. The van der Waals surface area contributed by atoms with Crippen molar-refractivity contribution in [2.75, 3.05) is 13.1 Å². The zero-order valence-electron chi connectivity index (χ0n) is 8.08. The van der Waals surface area contributed by atoms with Gasteiger partial charge in [-0.3, -0.25) is 4.90 Å². The molecule has 2 nitrogen and oxygen atoms in total. The molecule has 0 bridgehead atoms. The lowest BCUT2D eigenvalue weighted by atomic mass is 10.1. The Hall–Kier alpha value is -0.520. The minimum absolute atomic E-state index is 0.294. The monoisotopic (exact) mass is 167 g/mol. The molecule has 0 saturated carbocycles. The van der Waals surface area contributed by atoms with Gasteiger partial charge in [-0.05, 0) is 20.8 Å². The van der Waals surface area contributed by atoms with Crippen LogP contribution < -0.4 is 0 Å². The van der Waals surface area contributed by atoms with Gasteiger partial charge in [0.1, 0.15) is 0 Å². The minimum Gasteiger partial charge on any atom is -0.373 e. The van der Waals surface area contributed by atoms with E-state index < -0.39 is 0 Å². The lowest BCUT2D eigenvalue weighted by Gasteiger charge is -2.40. The Kier molecular flexibility index (Phi) is 3.13. The maximum absolute atomic E-state index is 5.66. The summed E-state index contributed by atoms with van der Waals surface area (Å²) in [6.07, 6.45) is 5.88. The van der Waals surface area contributed by atoms with E-state index in [1.807, 2.05) is 0 Å². The van der Waals surface area contributed by atoms with Crippen molar-refractivity contribution in [2.45, 2.75) is 39.0 Å². The van der Waals surface area contributed by atoms with Gasteiger partial charge in [0.15, 0.2) is 0 Å². The van der Waals surface area contributed by atoms with Gasteiger partial charge in [-0.25, -0.2) is 0 Å². The first-order chi connectivity index (χ1) is 5.65. The van der Waals surface area contributed by atoms with Crippen LogP contribution in [0.25, 0.3) is 0 Å². The molecule has 2 heteroatoms. The van der Waals surface area contributed by atoms with Gasteiger partial charge in [0.25, 0.3) is 0 Å². The molecule has 0 aliphatic carbocycles. The lowest BCUT2D eigenvalue weighted by molar-refractivity contribution is -0.0947. The molecular weight excluding hydrogens is 150 g/mol. The van der Waals surface area contributed by atoms with Crippen molar-refractivity contribution in [1.82, 2.24) is 4.90 Å². The summed E-state index contributed by atoms with van der Waals surface area (Å²) in [6.45, 7) is 8.04. The summed E-state index contributed by atoms with van der Waals surface area (Å²) >= 11 is 0. The van der Waals surface area contributed by atoms with E-state index in [2.05, 4.69) is 31.6 Å². The van der Waals surface area contributed by atoms with Crippen LogP contribution in [0.4, 0.5) is 0 Å². The summed E-state index contributed by atoms with van der Waals surface area (Å²) < 4.78 is 5.66. The molecule has 1 fully saturated rings. The van der Waals surface area contributed by atoms with Gasteiger partial charge in [0.05, 0.1) is 18.8 Å². The van der Waals surface area contributed by atoms with E-state index in [1.54, 1.807) is 0 Å². The fourth-order valence-corrected chi connectivity index (χ4v) is 1.64. The summed E-state index contributed by atoms with van der Waals surface area (Å²) in [5, 5.41) is 0. The van der Waals surface area contributed by atoms with E-state index >= 15 is 0 Å². The predicted octanol–water partition coefficient (Wildman–Crippen LogP) is 1.12. The molecule has 3 atom stereocenters. The Labute approximate surface area is 74.9 Å². The molecule has 0 aromatic carbocycles. The van der Waals surface area contributed by atoms with Gasteiger partial charge < -0.3 is 4.74 Å². The number of nitrogens with zero attached hydrogens (tertiary/aromatic N) is 1. The van der Waals surface area contributed by atoms with Crippen LogP contribution >= 0.6 is 0 Å². The van der Waals surface area contributed by atoms with E-state index in [0.29, 0.717) is 18.2 Å². The highest BCUT2D eigenvalue weighted by Crippen LogP contribution is 2.16. The average molecular weight is 167 g/mol. The van der Waals surface area contributed by atoms with Crippen molar-refractivity contribution in [2.24, 2.45) is 0 Å². The molecule has 0 spiro atoms. The number of morpholine rings is 1. The van der Waals surface area contributed by atoms with Crippen LogP contribution in [-0.2, 0) is 4.74 Å². The molecule has 1 aliphatic rings. The Bertz CT molecular complexity index is 185.